The molecule has 0 bridgehead atoms. The molecular weight excluding hydrogens is 256 g/mol. The molecule has 1 aromatic rings. The number of nitrogens with zero attached hydrogens (tertiary/aromatic N) is 2. The zero-order valence-corrected chi connectivity index (χ0v) is 11.7. The van der Waals surface area contributed by atoms with Crippen LogP contribution in [0.25, 0.3) is 0 Å². The van der Waals surface area contributed by atoms with Crippen LogP contribution in [0.15, 0.2) is 24.1 Å². The van der Waals surface area contributed by atoms with E-state index in [1.807, 2.05) is 0 Å². The summed E-state index contributed by atoms with van der Waals surface area (Å²) < 4.78 is 5.66. The first-order valence-electron chi connectivity index (χ1n) is 6.76. The highest BCUT2D eigenvalue weighted by Crippen LogP contribution is 2.38. The summed E-state index contributed by atoms with van der Waals surface area (Å²) in [5, 5.41) is 9.68. The second-order valence-corrected chi connectivity index (χ2v) is 5.35. The van der Waals surface area contributed by atoms with Gasteiger partial charge in [0.25, 0.3) is 0 Å². The van der Waals surface area contributed by atoms with Gasteiger partial charge >= 0.3 is 0 Å². The van der Waals surface area contributed by atoms with Crippen LogP contribution in [-0.2, 0) is 0 Å². The second kappa shape index (κ2) is 4.83. The van der Waals surface area contributed by atoms with Gasteiger partial charge in [-0.25, -0.2) is 0 Å². The summed E-state index contributed by atoms with van der Waals surface area (Å²) >= 11 is 0. The number of rotatable bonds is 1. The summed E-state index contributed by atoms with van der Waals surface area (Å²) in [5.41, 5.74) is 1.14. The molecule has 5 heteroatoms. The molecule has 5 nitrogen and oxygen atoms in total. The minimum absolute atomic E-state index is 0.109. The minimum Gasteiger partial charge on any atom is -0.508 e. The van der Waals surface area contributed by atoms with Gasteiger partial charge in [0.05, 0.1) is 5.56 Å². The first-order valence-corrected chi connectivity index (χ1v) is 6.76. The maximum absolute atomic E-state index is 12.3. The van der Waals surface area contributed by atoms with Crippen molar-refractivity contribution in [2.45, 2.75) is 6.92 Å². The lowest BCUT2D eigenvalue weighted by atomic mass is 10.1. The molecule has 106 valence electrons. The Bertz CT molecular complexity index is 587. The van der Waals surface area contributed by atoms with E-state index >= 15 is 0 Å². The van der Waals surface area contributed by atoms with Crippen molar-refractivity contribution in [2.75, 3.05) is 33.2 Å². The Kier molecular flexibility index (Phi) is 3.14. The van der Waals surface area contributed by atoms with Gasteiger partial charge in [-0.3, -0.25) is 4.79 Å². The summed E-state index contributed by atoms with van der Waals surface area (Å²) in [4.78, 5) is 16.6. The molecule has 0 radical (unpaired) electrons. The molecule has 3 rings (SSSR count). The molecule has 2 aliphatic heterocycles. The van der Waals surface area contributed by atoms with Crippen molar-refractivity contribution < 1.29 is 14.6 Å². The van der Waals surface area contributed by atoms with Gasteiger partial charge in [0.15, 0.2) is 5.76 Å². The first kappa shape index (κ1) is 13.0. The topological polar surface area (TPSA) is 53.0 Å². The Hall–Kier alpha value is -2.01. The van der Waals surface area contributed by atoms with Crippen molar-refractivity contribution >= 4 is 5.78 Å². The number of piperazine rings is 1. The molecule has 0 aliphatic carbocycles. The van der Waals surface area contributed by atoms with Crippen molar-refractivity contribution in [1.29, 1.82) is 0 Å². The van der Waals surface area contributed by atoms with Gasteiger partial charge in [0.1, 0.15) is 11.5 Å². The van der Waals surface area contributed by atoms with Gasteiger partial charge in [-0.1, -0.05) is 0 Å². The van der Waals surface area contributed by atoms with E-state index in [4.69, 9.17) is 4.74 Å². The number of aromatic hydroxyl groups is 1. The van der Waals surface area contributed by atoms with Crippen LogP contribution in [0.5, 0.6) is 11.5 Å². The zero-order chi connectivity index (χ0) is 14.3. The molecule has 1 N–H and O–H groups in total. The van der Waals surface area contributed by atoms with E-state index in [0.717, 1.165) is 26.2 Å². The SMILES string of the molecule is Cc1c(O)ccc2c1OC(=CN1CCN(C)CC1)C2=O. The van der Waals surface area contributed by atoms with Crippen molar-refractivity contribution in [3.05, 3.63) is 35.2 Å². The fourth-order valence-corrected chi connectivity index (χ4v) is 2.48. The molecule has 0 aromatic heterocycles. The van der Waals surface area contributed by atoms with Crippen LogP contribution in [-0.4, -0.2) is 53.9 Å². The highest BCUT2D eigenvalue weighted by molar-refractivity contribution is 6.12. The van der Waals surface area contributed by atoms with Crippen molar-refractivity contribution in [3.63, 3.8) is 0 Å². The number of Topliss-reactive ketones (excluding diaryl/α,β-unsaturated/α-hetero) is 1. The average Bonchev–Trinajstić information content (AvgIpc) is 2.75. The number of allylic oxidation sites excluding steroid dienone is 1. The van der Waals surface area contributed by atoms with Crippen LogP contribution in [0.4, 0.5) is 0 Å². The third-order valence-corrected chi connectivity index (χ3v) is 3.90. The van der Waals surface area contributed by atoms with Crippen LogP contribution < -0.4 is 4.74 Å². The Morgan fingerprint density at radius 2 is 1.95 bits per heavy atom. The lowest BCUT2D eigenvalue weighted by Crippen LogP contribution is -2.42. The van der Waals surface area contributed by atoms with Gasteiger partial charge < -0.3 is 19.6 Å². The maximum atomic E-state index is 12.3. The number of ketones is 1. The van der Waals surface area contributed by atoms with Gasteiger partial charge in [0.2, 0.25) is 5.78 Å². The summed E-state index contributed by atoms with van der Waals surface area (Å²) in [6, 6.07) is 3.15. The predicted octanol–water partition coefficient (Wildman–Crippen LogP) is 1.36. The van der Waals surface area contributed by atoms with Crippen LogP contribution in [0, 0.1) is 6.92 Å². The van der Waals surface area contributed by atoms with Crippen LogP contribution in [0.3, 0.4) is 0 Å². The van der Waals surface area contributed by atoms with E-state index in [1.165, 1.54) is 6.07 Å². The number of likely N-dealkylation sites (N-methyl/N-ethyl adjacent to an activating group) is 1. The summed E-state index contributed by atoms with van der Waals surface area (Å²) in [6.45, 7) is 5.48. The molecule has 0 spiro atoms. The fraction of sp³-hybridized carbons (Fsp3) is 0.400. The number of phenolic OH excluding ortho intramolecular Hbond substituents is 1. The van der Waals surface area contributed by atoms with Crippen molar-refractivity contribution in [2.24, 2.45) is 0 Å². The number of carbonyl (C=O) groups is 1. The third kappa shape index (κ3) is 2.14. The normalized spacial score (nSPS) is 21.2. The molecular formula is C15H18N2O3. The van der Waals surface area contributed by atoms with E-state index in [0.29, 0.717) is 22.6 Å². The first-order chi connectivity index (χ1) is 9.56. The van der Waals surface area contributed by atoms with Crippen molar-refractivity contribution in [1.82, 2.24) is 9.80 Å². The standard InChI is InChI=1S/C15H18N2O3/c1-10-12(18)4-3-11-14(19)13(20-15(10)11)9-17-7-5-16(2)6-8-17/h3-4,9,18H,5-8H2,1-2H3. The van der Waals surface area contributed by atoms with E-state index in [2.05, 4.69) is 16.8 Å². The van der Waals surface area contributed by atoms with Gasteiger partial charge in [0, 0.05) is 37.9 Å². The van der Waals surface area contributed by atoms with Crippen molar-refractivity contribution in [3.8, 4) is 11.5 Å². The number of carbonyl (C=O) groups excluding carboxylic acids is 1. The summed E-state index contributed by atoms with van der Waals surface area (Å²) in [7, 11) is 2.09. The van der Waals surface area contributed by atoms with E-state index in [-0.39, 0.29) is 11.5 Å². The third-order valence-electron chi connectivity index (χ3n) is 3.90. The number of ether oxygens (including phenoxy) is 1. The molecule has 0 saturated carbocycles. The van der Waals surface area contributed by atoms with Gasteiger partial charge in [-0.2, -0.15) is 0 Å². The molecule has 2 aliphatic rings. The largest absolute Gasteiger partial charge is 0.508 e. The molecule has 0 unspecified atom stereocenters. The number of phenols is 1. The molecule has 1 aromatic carbocycles. The fourth-order valence-electron chi connectivity index (χ4n) is 2.48. The van der Waals surface area contributed by atoms with Crippen LogP contribution in [0.2, 0.25) is 0 Å². The quantitative estimate of drug-likeness (QED) is 0.784. The average molecular weight is 274 g/mol. The van der Waals surface area contributed by atoms with Gasteiger partial charge in [-0.15, -0.1) is 0 Å². The van der Waals surface area contributed by atoms with Crippen LogP contribution in [0.1, 0.15) is 15.9 Å². The smallest absolute Gasteiger partial charge is 0.233 e. The summed E-state index contributed by atoms with van der Waals surface area (Å²) in [6.07, 6.45) is 1.80. The lowest BCUT2D eigenvalue weighted by molar-refractivity contribution is 0.101. The van der Waals surface area contributed by atoms with Crippen LogP contribution >= 0.6 is 0 Å². The molecule has 0 atom stereocenters. The zero-order valence-electron chi connectivity index (χ0n) is 11.7. The van der Waals surface area contributed by atoms with E-state index < -0.39 is 0 Å². The number of benzene rings is 1. The van der Waals surface area contributed by atoms with E-state index in [9.17, 15) is 9.90 Å². The molecule has 0 amide bonds. The lowest BCUT2D eigenvalue weighted by Gasteiger charge is -2.31. The maximum Gasteiger partial charge on any atom is 0.233 e. The Morgan fingerprint density at radius 3 is 2.65 bits per heavy atom. The molecule has 2 heterocycles. The minimum atomic E-state index is -0.109. The number of hydrogen-bond donors (Lipinski definition) is 1. The molecule has 20 heavy (non-hydrogen) atoms. The monoisotopic (exact) mass is 274 g/mol. The summed E-state index contributed by atoms with van der Waals surface area (Å²) in [5.74, 6) is 0.869. The highest BCUT2D eigenvalue weighted by atomic mass is 16.5. The van der Waals surface area contributed by atoms with E-state index in [1.54, 1.807) is 19.2 Å². The molecule has 1 saturated heterocycles. The Labute approximate surface area is 118 Å². The Morgan fingerprint density at radius 1 is 1.25 bits per heavy atom. The Balaban J connectivity index is 1.85. The second-order valence-electron chi connectivity index (χ2n) is 5.35. The number of hydrogen-bond acceptors (Lipinski definition) is 5. The number of fused-ring (bicyclic) bond motifs is 1. The van der Waals surface area contributed by atoms with Gasteiger partial charge in [-0.05, 0) is 26.1 Å². The molecule has 1 fully saturated rings. The predicted molar refractivity (Wildman–Crippen MR) is 75.0 cm³/mol. The highest BCUT2D eigenvalue weighted by Gasteiger charge is 2.30.